The predicted molar refractivity (Wildman–Crippen MR) is 93.4 cm³/mol. The number of nitrogens with one attached hydrogen (secondary N) is 2. The first kappa shape index (κ1) is 16.6. The Hall–Kier alpha value is -2.73. The molecule has 0 aromatic heterocycles. The minimum Gasteiger partial charge on any atom is -0.375 e. The summed E-state index contributed by atoms with van der Waals surface area (Å²) in [5, 5.41) is 5.82. The molecular weight excluding hydrogens is 316 g/mol. The van der Waals surface area contributed by atoms with Gasteiger partial charge in [-0.25, -0.2) is 4.79 Å². The number of urea groups is 1. The Kier molecular flexibility index (Phi) is 5.08. The molecule has 0 fully saturated rings. The zero-order valence-electron chi connectivity index (χ0n) is 12.8. The van der Waals surface area contributed by atoms with E-state index in [4.69, 9.17) is 17.3 Å². The van der Waals surface area contributed by atoms with Crippen molar-refractivity contribution in [2.24, 2.45) is 5.73 Å². The maximum absolute atomic E-state index is 12.3. The van der Waals surface area contributed by atoms with E-state index < -0.39 is 6.03 Å². The Balaban J connectivity index is 2.19. The topological polar surface area (TPSA) is 87.5 Å². The molecule has 23 heavy (non-hydrogen) atoms. The van der Waals surface area contributed by atoms with Crippen molar-refractivity contribution in [2.45, 2.75) is 0 Å². The van der Waals surface area contributed by atoms with Gasteiger partial charge in [-0.1, -0.05) is 17.7 Å². The molecule has 120 valence electrons. The highest BCUT2D eigenvalue weighted by Crippen LogP contribution is 2.32. The van der Waals surface area contributed by atoms with Crippen LogP contribution in [0, 0.1) is 0 Å². The third kappa shape index (κ3) is 4.14. The number of halogens is 1. The van der Waals surface area contributed by atoms with E-state index in [0.717, 1.165) is 5.69 Å². The zero-order valence-corrected chi connectivity index (χ0v) is 13.5. The molecule has 0 aliphatic rings. The van der Waals surface area contributed by atoms with Crippen molar-refractivity contribution in [3.63, 3.8) is 0 Å². The SMILES string of the molecule is CN(C)c1c(Cl)cccc1NC(=O)c1ccc(NC(N)=O)cc1. The lowest BCUT2D eigenvalue weighted by Crippen LogP contribution is -2.19. The zero-order chi connectivity index (χ0) is 17.0. The van der Waals surface area contributed by atoms with Gasteiger partial charge in [-0.2, -0.15) is 0 Å². The molecule has 0 saturated heterocycles. The van der Waals surface area contributed by atoms with E-state index in [1.807, 2.05) is 19.0 Å². The lowest BCUT2D eigenvalue weighted by molar-refractivity contribution is 0.102. The first-order chi connectivity index (χ1) is 10.9. The van der Waals surface area contributed by atoms with Crippen LogP contribution in [0.25, 0.3) is 0 Å². The van der Waals surface area contributed by atoms with Gasteiger partial charge >= 0.3 is 6.03 Å². The van der Waals surface area contributed by atoms with Crippen molar-refractivity contribution in [3.05, 3.63) is 53.1 Å². The molecule has 3 amide bonds. The van der Waals surface area contributed by atoms with E-state index >= 15 is 0 Å². The number of rotatable bonds is 4. The fourth-order valence-corrected chi connectivity index (χ4v) is 2.46. The minimum absolute atomic E-state index is 0.277. The molecule has 0 aliphatic heterocycles. The smallest absolute Gasteiger partial charge is 0.316 e. The Morgan fingerprint density at radius 1 is 1.04 bits per heavy atom. The van der Waals surface area contributed by atoms with Crippen LogP contribution in [-0.4, -0.2) is 26.0 Å². The van der Waals surface area contributed by atoms with Crippen LogP contribution in [0.15, 0.2) is 42.5 Å². The molecule has 2 aromatic rings. The van der Waals surface area contributed by atoms with Crippen LogP contribution >= 0.6 is 11.6 Å². The van der Waals surface area contributed by atoms with Gasteiger partial charge in [0.15, 0.2) is 0 Å². The third-order valence-electron chi connectivity index (χ3n) is 3.10. The normalized spacial score (nSPS) is 10.0. The summed E-state index contributed by atoms with van der Waals surface area (Å²) < 4.78 is 0. The molecule has 0 heterocycles. The van der Waals surface area contributed by atoms with E-state index in [1.54, 1.807) is 42.5 Å². The summed E-state index contributed by atoms with van der Waals surface area (Å²) in [6, 6.07) is 11.1. The van der Waals surface area contributed by atoms with Crippen molar-refractivity contribution in [3.8, 4) is 0 Å². The van der Waals surface area contributed by atoms with Crippen LogP contribution in [-0.2, 0) is 0 Å². The van der Waals surface area contributed by atoms with Crippen molar-refractivity contribution in [1.29, 1.82) is 0 Å². The van der Waals surface area contributed by atoms with Crippen molar-refractivity contribution in [2.75, 3.05) is 29.6 Å². The molecule has 4 N–H and O–H groups in total. The fraction of sp³-hybridized carbons (Fsp3) is 0.125. The lowest BCUT2D eigenvalue weighted by Gasteiger charge is -2.19. The largest absolute Gasteiger partial charge is 0.375 e. The summed E-state index contributed by atoms with van der Waals surface area (Å²) in [4.78, 5) is 25.0. The van der Waals surface area contributed by atoms with Gasteiger partial charge < -0.3 is 21.3 Å². The van der Waals surface area contributed by atoms with Crippen LogP contribution < -0.4 is 21.3 Å². The number of primary amides is 1. The molecule has 0 spiro atoms. The number of carbonyl (C=O) groups is 2. The number of nitrogens with two attached hydrogens (primary N) is 1. The lowest BCUT2D eigenvalue weighted by atomic mass is 10.1. The highest BCUT2D eigenvalue weighted by Gasteiger charge is 2.13. The summed E-state index contributed by atoms with van der Waals surface area (Å²) in [5.74, 6) is -0.277. The van der Waals surface area contributed by atoms with Crippen LogP contribution in [0.3, 0.4) is 0 Å². The Morgan fingerprint density at radius 3 is 2.26 bits per heavy atom. The van der Waals surface area contributed by atoms with Crippen LogP contribution in [0.2, 0.25) is 5.02 Å². The van der Waals surface area contributed by atoms with E-state index in [0.29, 0.717) is 22.0 Å². The highest BCUT2D eigenvalue weighted by molar-refractivity contribution is 6.34. The molecule has 0 unspecified atom stereocenters. The Labute approximate surface area is 139 Å². The number of benzene rings is 2. The Morgan fingerprint density at radius 2 is 1.70 bits per heavy atom. The quantitative estimate of drug-likeness (QED) is 0.803. The predicted octanol–water partition coefficient (Wildman–Crippen LogP) is 3.15. The maximum atomic E-state index is 12.3. The fourth-order valence-electron chi connectivity index (χ4n) is 2.11. The van der Waals surface area contributed by atoms with E-state index in [1.165, 1.54) is 0 Å². The van der Waals surface area contributed by atoms with Gasteiger partial charge in [-0.05, 0) is 36.4 Å². The van der Waals surface area contributed by atoms with Crippen molar-refractivity contribution in [1.82, 2.24) is 0 Å². The van der Waals surface area contributed by atoms with Gasteiger partial charge in [0.05, 0.1) is 16.4 Å². The molecule has 0 saturated carbocycles. The second kappa shape index (κ2) is 7.02. The number of hydrogen-bond acceptors (Lipinski definition) is 3. The summed E-state index contributed by atoms with van der Waals surface area (Å²) in [6.07, 6.45) is 0. The number of para-hydroxylation sites is 1. The second-order valence-corrected chi connectivity index (χ2v) is 5.46. The van der Waals surface area contributed by atoms with E-state index in [9.17, 15) is 9.59 Å². The number of hydrogen-bond donors (Lipinski definition) is 3. The van der Waals surface area contributed by atoms with Gasteiger partial charge in [-0.3, -0.25) is 4.79 Å². The highest BCUT2D eigenvalue weighted by atomic mass is 35.5. The Bertz CT molecular complexity index is 729. The molecule has 0 bridgehead atoms. The molecule has 2 aromatic carbocycles. The average molecular weight is 333 g/mol. The monoisotopic (exact) mass is 332 g/mol. The van der Waals surface area contributed by atoms with Crippen molar-refractivity contribution < 1.29 is 9.59 Å². The number of nitrogens with zero attached hydrogens (tertiary/aromatic N) is 1. The molecular formula is C16H17ClN4O2. The number of carbonyl (C=O) groups excluding carboxylic acids is 2. The van der Waals surface area contributed by atoms with Gasteiger partial charge in [0, 0.05) is 25.3 Å². The van der Waals surface area contributed by atoms with Gasteiger partial charge in [0.1, 0.15) is 0 Å². The first-order valence-corrected chi connectivity index (χ1v) is 7.20. The molecule has 0 atom stereocenters. The van der Waals surface area contributed by atoms with Gasteiger partial charge in [0.25, 0.3) is 5.91 Å². The summed E-state index contributed by atoms with van der Waals surface area (Å²) in [6.45, 7) is 0. The third-order valence-corrected chi connectivity index (χ3v) is 3.40. The standard InChI is InChI=1S/C16H17ClN4O2/c1-21(2)14-12(17)4-3-5-13(14)20-15(22)10-6-8-11(9-7-10)19-16(18)23/h3-9H,1-2H3,(H,20,22)(H3,18,19,23). The number of anilines is 3. The maximum Gasteiger partial charge on any atom is 0.316 e. The van der Waals surface area contributed by atoms with Gasteiger partial charge in [0.2, 0.25) is 0 Å². The molecule has 6 nitrogen and oxygen atoms in total. The molecule has 2 rings (SSSR count). The van der Waals surface area contributed by atoms with Crippen LogP contribution in [0.5, 0.6) is 0 Å². The molecule has 7 heteroatoms. The summed E-state index contributed by atoms with van der Waals surface area (Å²) >= 11 is 6.18. The van der Waals surface area contributed by atoms with E-state index in [2.05, 4.69) is 10.6 Å². The summed E-state index contributed by atoms with van der Waals surface area (Å²) in [7, 11) is 3.70. The molecule has 0 radical (unpaired) electrons. The molecule has 0 aliphatic carbocycles. The van der Waals surface area contributed by atoms with Gasteiger partial charge in [-0.15, -0.1) is 0 Å². The van der Waals surface area contributed by atoms with Crippen LogP contribution in [0.4, 0.5) is 21.9 Å². The first-order valence-electron chi connectivity index (χ1n) is 6.82. The van der Waals surface area contributed by atoms with Crippen LogP contribution in [0.1, 0.15) is 10.4 Å². The second-order valence-electron chi connectivity index (χ2n) is 5.05. The van der Waals surface area contributed by atoms with E-state index in [-0.39, 0.29) is 5.91 Å². The van der Waals surface area contributed by atoms with Crippen molar-refractivity contribution >= 4 is 40.6 Å². The average Bonchev–Trinajstić information content (AvgIpc) is 2.47. The minimum atomic E-state index is -0.656. The number of amides is 3. The summed E-state index contributed by atoms with van der Waals surface area (Å²) in [5.41, 5.74) is 7.35.